The first-order valence-corrected chi connectivity index (χ1v) is 8.64. The average Bonchev–Trinajstić information content (AvgIpc) is 2.58. The Morgan fingerprint density at radius 3 is 2.76 bits per heavy atom. The summed E-state index contributed by atoms with van der Waals surface area (Å²) in [6.07, 6.45) is 0.211. The number of nitrogens with one attached hydrogen (secondary N) is 1. The van der Waals surface area contributed by atoms with Gasteiger partial charge in [-0.15, -0.1) is 11.8 Å². The number of nitro groups is 1. The molecule has 0 saturated heterocycles. The molecule has 3 N–H and O–H groups in total. The summed E-state index contributed by atoms with van der Waals surface area (Å²) in [5.41, 5.74) is 6.28. The van der Waals surface area contributed by atoms with E-state index >= 15 is 0 Å². The minimum atomic E-state index is -0.570. The molecule has 1 atom stereocenters. The van der Waals surface area contributed by atoms with Gasteiger partial charge >= 0.3 is 0 Å². The van der Waals surface area contributed by atoms with Crippen molar-refractivity contribution in [1.82, 2.24) is 5.32 Å². The van der Waals surface area contributed by atoms with Crippen LogP contribution in [-0.4, -0.2) is 22.1 Å². The molecule has 0 radical (unpaired) electrons. The van der Waals surface area contributed by atoms with E-state index < -0.39 is 22.0 Å². The van der Waals surface area contributed by atoms with Crippen LogP contribution in [0.1, 0.15) is 15.9 Å². The Labute approximate surface area is 152 Å². The molecule has 0 fully saturated rings. The molecule has 6 nitrogen and oxygen atoms in total. The van der Waals surface area contributed by atoms with Crippen LogP contribution in [0.5, 0.6) is 0 Å². The molecule has 132 valence electrons. The Balaban J connectivity index is 1.86. The predicted molar refractivity (Wildman–Crippen MR) is 96.1 cm³/mol. The van der Waals surface area contributed by atoms with E-state index in [-0.39, 0.29) is 23.5 Å². The Morgan fingerprint density at radius 1 is 1.36 bits per heavy atom. The summed E-state index contributed by atoms with van der Waals surface area (Å²) in [4.78, 5) is 22.1. The maximum Gasteiger partial charge on any atom is 0.270 e. The van der Waals surface area contributed by atoms with Crippen LogP contribution in [0.25, 0.3) is 0 Å². The quantitative estimate of drug-likeness (QED) is 0.434. The molecule has 0 aliphatic carbocycles. The molecular formula is C16H15ClFN3O3S. The lowest BCUT2D eigenvalue weighted by molar-refractivity contribution is -0.384. The third-order valence-electron chi connectivity index (χ3n) is 3.32. The summed E-state index contributed by atoms with van der Waals surface area (Å²) in [6.45, 7) is 0. The van der Waals surface area contributed by atoms with Gasteiger partial charge in [0.05, 0.1) is 16.2 Å². The SMILES string of the molecule is NC(Cc1c(F)cccc1Cl)SCNC(=O)c1cccc([N+](=O)[O-])c1. The largest absolute Gasteiger partial charge is 0.343 e. The van der Waals surface area contributed by atoms with Gasteiger partial charge < -0.3 is 11.1 Å². The predicted octanol–water partition coefficient (Wildman–Crippen LogP) is 3.34. The van der Waals surface area contributed by atoms with Crippen molar-refractivity contribution in [2.75, 3.05) is 5.88 Å². The van der Waals surface area contributed by atoms with Crippen molar-refractivity contribution < 1.29 is 14.1 Å². The molecule has 0 heterocycles. The highest BCUT2D eigenvalue weighted by Gasteiger charge is 2.14. The molecular weight excluding hydrogens is 369 g/mol. The second kappa shape index (κ2) is 8.80. The number of carbonyl (C=O) groups is 1. The number of nitro benzene ring substituents is 1. The lowest BCUT2D eigenvalue weighted by atomic mass is 10.1. The Morgan fingerprint density at radius 2 is 2.08 bits per heavy atom. The first kappa shape index (κ1) is 19.2. The lowest BCUT2D eigenvalue weighted by Gasteiger charge is -2.13. The zero-order valence-electron chi connectivity index (χ0n) is 12.9. The first-order valence-electron chi connectivity index (χ1n) is 7.21. The second-order valence-corrected chi connectivity index (χ2v) is 6.70. The second-order valence-electron chi connectivity index (χ2n) is 5.07. The average molecular weight is 384 g/mol. The van der Waals surface area contributed by atoms with Crippen molar-refractivity contribution in [2.45, 2.75) is 11.8 Å². The van der Waals surface area contributed by atoms with Crippen LogP contribution in [-0.2, 0) is 6.42 Å². The van der Waals surface area contributed by atoms with Crippen LogP contribution >= 0.6 is 23.4 Å². The number of hydrogen-bond donors (Lipinski definition) is 2. The van der Waals surface area contributed by atoms with Crippen LogP contribution in [0, 0.1) is 15.9 Å². The summed E-state index contributed by atoms with van der Waals surface area (Å²) in [5.74, 6) is -0.703. The summed E-state index contributed by atoms with van der Waals surface area (Å²) in [7, 11) is 0. The minimum absolute atomic E-state index is 0.161. The van der Waals surface area contributed by atoms with Crippen molar-refractivity contribution >= 4 is 35.0 Å². The number of halogens is 2. The smallest absolute Gasteiger partial charge is 0.270 e. The summed E-state index contributed by atoms with van der Waals surface area (Å²) >= 11 is 7.16. The molecule has 0 aliphatic rings. The molecule has 2 aromatic carbocycles. The van der Waals surface area contributed by atoms with Gasteiger partial charge in [-0.1, -0.05) is 23.7 Å². The van der Waals surface area contributed by atoms with E-state index in [2.05, 4.69) is 5.32 Å². The third kappa shape index (κ3) is 5.42. The van der Waals surface area contributed by atoms with Crippen molar-refractivity contribution in [1.29, 1.82) is 0 Å². The van der Waals surface area contributed by atoms with Crippen LogP contribution in [0.15, 0.2) is 42.5 Å². The standard InChI is InChI=1S/C16H15ClFN3O3S/c17-13-5-2-6-14(18)12(13)8-15(19)25-9-20-16(22)10-3-1-4-11(7-10)21(23)24/h1-7,15H,8-9,19H2,(H,20,22). The zero-order valence-corrected chi connectivity index (χ0v) is 14.5. The molecule has 0 aliphatic heterocycles. The number of benzene rings is 2. The molecule has 9 heteroatoms. The number of amides is 1. The van der Waals surface area contributed by atoms with E-state index in [1.54, 1.807) is 6.07 Å². The highest BCUT2D eigenvalue weighted by Crippen LogP contribution is 2.22. The molecule has 0 aromatic heterocycles. The molecule has 1 amide bonds. The minimum Gasteiger partial charge on any atom is -0.343 e. The van der Waals surface area contributed by atoms with Gasteiger partial charge in [0.25, 0.3) is 11.6 Å². The van der Waals surface area contributed by atoms with Crippen LogP contribution in [0.3, 0.4) is 0 Å². The molecule has 0 saturated carbocycles. The number of nitrogens with two attached hydrogens (primary N) is 1. The van der Waals surface area contributed by atoms with Gasteiger partial charge in [0.2, 0.25) is 0 Å². The fraction of sp³-hybridized carbons (Fsp3) is 0.188. The normalized spacial score (nSPS) is 11.8. The number of rotatable bonds is 7. The van der Waals surface area contributed by atoms with Crippen molar-refractivity contribution in [2.24, 2.45) is 5.73 Å². The zero-order chi connectivity index (χ0) is 18.4. The van der Waals surface area contributed by atoms with Crippen LogP contribution in [0.4, 0.5) is 10.1 Å². The van der Waals surface area contributed by atoms with Gasteiger partial charge in [-0.05, 0) is 18.2 Å². The Kier molecular flexibility index (Phi) is 6.74. The van der Waals surface area contributed by atoms with Gasteiger partial charge in [0.15, 0.2) is 0 Å². The van der Waals surface area contributed by atoms with Gasteiger partial charge in [0.1, 0.15) is 5.82 Å². The number of hydrogen-bond acceptors (Lipinski definition) is 5. The van der Waals surface area contributed by atoms with E-state index in [1.165, 1.54) is 48.2 Å². The number of nitrogens with zero attached hydrogens (tertiary/aromatic N) is 1. The van der Waals surface area contributed by atoms with Crippen LogP contribution < -0.4 is 11.1 Å². The maximum atomic E-state index is 13.7. The maximum absolute atomic E-state index is 13.7. The first-order chi connectivity index (χ1) is 11.9. The molecule has 2 aromatic rings. The summed E-state index contributed by atoms with van der Waals surface area (Å²) in [5, 5.41) is 13.2. The van der Waals surface area contributed by atoms with Gasteiger partial charge in [-0.25, -0.2) is 4.39 Å². The van der Waals surface area contributed by atoms with Gasteiger partial charge in [-0.3, -0.25) is 14.9 Å². The summed E-state index contributed by atoms with van der Waals surface area (Å²) in [6, 6.07) is 9.82. The molecule has 25 heavy (non-hydrogen) atoms. The van der Waals surface area contributed by atoms with Gasteiger partial charge in [0, 0.05) is 34.7 Å². The van der Waals surface area contributed by atoms with E-state index in [1.807, 2.05) is 0 Å². The molecule has 2 rings (SSSR count). The molecule has 1 unspecified atom stereocenters. The van der Waals surface area contributed by atoms with E-state index in [0.717, 1.165) is 0 Å². The topological polar surface area (TPSA) is 98.3 Å². The highest BCUT2D eigenvalue weighted by molar-refractivity contribution is 7.99. The molecule has 0 spiro atoms. The third-order valence-corrected chi connectivity index (χ3v) is 4.58. The Bertz CT molecular complexity index is 771. The van der Waals surface area contributed by atoms with E-state index in [0.29, 0.717) is 10.6 Å². The fourth-order valence-electron chi connectivity index (χ4n) is 2.06. The van der Waals surface area contributed by atoms with Crippen molar-refractivity contribution in [3.63, 3.8) is 0 Å². The number of thioether (sulfide) groups is 1. The van der Waals surface area contributed by atoms with E-state index in [4.69, 9.17) is 17.3 Å². The fourth-order valence-corrected chi connectivity index (χ4v) is 3.02. The lowest BCUT2D eigenvalue weighted by Crippen LogP contribution is -2.27. The summed E-state index contributed by atoms with van der Waals surface area (Å²) < 4.78 is 13.7. The van der Waals surface area contributed by atoms with Crippen molar-refractivity contribution in [3.8, 4) is 0 Å². The number of carbonyl (C=O) groups excluding carboxylic acids is 1. The van der Waals surface area contributed by atoms with E-state index in [9.17, 15) is 19.3 Å². The number of non-ortho nitro benzene ring substituents is 1. The highest BCUT2D eigenvalue weighted by atomic mass is 35.5. The van der Waals surface area contributed by atoms with Crippen molar-refractivity contribution in [3.05, 3.63) is 74.5 Å². The Hall–Kier alpha value is -2.16. The van der Waals surface area contributed by atoms with Crippen LogP contribution in [0.2, 0.25) is 5.02 Å². The monoisotopic (exact) mass is 383 g/mol. The van der Waals surface area contributed by atoms with Gasteiger partial charge in [-0.2, -0.15) is 0 Å². The molecule has 0 bridgehead atoms.